The highest BCUT2D eigenvalue weighted by atomic mass is 32.1. The van der Waals surface area contributed by atoms with Gasteiger partial charge in [-0.05, 0) is 38.3 Å². The summed E-state index contributed by atoms with van der Waals surface area (Å²) in [5.74, 6) is -1.33. The third-order valence-corrected chi connectivity index (χ3v) is 6.22. The highest BCUT2D eigenvalue weighted by Gasteiger charge is 2.26. The number of nitrogens with zero attached hydrogens (tertiary/aromatic N) is 3. The van der Waals surface area contributed by atoms with Crippen molar-refractivity contribution in [1.29, 1.82) is 0 Å². The van der Waals surface area contributed by atoms with Gasteiger partial charge in [0.2, 0.25) is 0 Å². The molecule has 2 amide bonds. The number of aryl methyl sites for hydroxylation is 1. The minimum atomic E-state index is -0.568. The first kappa shape index (κ1) is 23.5. The monoisotopic (exact) mass is 461 g/mol. The first-order chi connectivity index (χ1) is 15.3. The molecule has 10 heteroatoms. The summed E-state index contributed by atoms with van der Waals surface area (Å²) >= 11 is 1.39. The Balaban J connectivity index is 1.47. The second-order valence-electron chi connectivity index (χ2n) is 7.40. The molecule has 0 atom stereocenters. The summed E-state index contributed by atoms with van der Waals surface area (Å²) in [4.78, 5) is 53.1. The van der Waals surface area contributed by atoms with Gasteiger partial charge in [-0.1, -0.05) is 6.07 Å². The van der Waals surface area contributed by atoms with Gasteiger partial charge >= 0.3 is 11.9 Å². The van der Waals surface area contributed by atoms with Crippen molar-refractivity contribution in [2.45, 2.75) is 27.3 Å². The van der Waals surface area contributed by atoms with Crippen LogP contribution in [-0.2, 0) is 25.6 Å². The molecule has 0 aromatic carbocycles. The van der Waals surface area contributed by atoms with Crippen LogP contribution in [0.15, 0.2) is 23.6 Å². The molecular formula is C22H27N3O6S. The maximum Gasteiger partial charge on any atom is 0.339 e. The molecule has 0 bridgehead atoms. The second-order valence-corrected chi connectivity index (χ2v) is 8.35. The van der Waals surface area contributed by atoms with E-state index in [-0.39, 0.29) is 31.6 Å². The Morgan fingerprint density at radius 2 is 1.72 bits per heavy atom. The summed E-state index contributed by atoms with van der Waals surface area (Å²) in [6.45, 7) is 6.72. The molecule has 0 saturated carbocycles. The maximum atomic E-state index is 12.4. The molecule has 3 rings (SSSR count). The Hall–Kier alpha value is -3.14. The van der Waals surface area contributed by atoms with Crippen molar-refractivity contribution in [3.8, 4) is 0 Å². The van der Waals surface area contributed by atoms with E-state index in [4.69, 9.17) is 9.47 Å². The fraction of sp³-hybridized carbons (Fsp3) is 0.455. The smallest absolute Gasteiger partial charge is 0.339 e. The van der Waals surface area contributed by atoms with Crippen LogP contribution in [0.25, 0.3) is 0 Å². The quantitative estimate of drug-likeness (QED) is 0.584. The number of carbonyl (C=O) groups is 4. The van der Waals surface area contributed by atoms with Gasteiger partial charge in [-0.2, -0.15) is 0 Å². The summed E-state index contributed by atoms with van der Waals surface area (Å²) in [5, 5.41) is 1.86. The van der Waals surface area contributed by atoms with E-state index in [0.717, 1.165) is 5.69 Å². The first-order valence-corrected chi connectivity index (χ1v) is 11.3. The van der Waals surface area contributed by atoms with E-state index in [1.165, 1.54) is 11.3 Å². The van der Waals surface area contributed by atoms with Crippen LogP contribution >= 0.6 is 11.3 Å². The highest BCUT2D eigenvalue weighted by Crippen LogP contribution is 2.17. The topological polar surface area (TPSA) is 98.1 Å². The zero-order valence-corrected chi connectivity index (χ0v) is 19.3. The number of esters is 2. The van der Waals surface area contributed by atoms with Gasteiger partial charge in [-0.15, -0.1) is 11.3 Å². The van der Waals surface area contributed by atoms with Gasteiger partial charge < -0.3 is 23.8 Å². The van der Waals surface area contributed by atoms with Crippen LogP contribution in [0.5, 0.6) is 0 Å². The molecular weight excluding hydrogens is 434 g/mol. The number of thiophene rings is 1. The van der Waals surface area contributed by atoms with Gasteiger partial charge in [-0.25, -0.2) is 4.79 Å². The van der Waals surface area contributed by atoms with Crippen molar-refractivity contribution in [3.05, 3.63) is 45.4 Å². The molecule has 0 N–H and O–H groups in total. The van der Waals surface area contributed by atoms with Crippen LogP contribution in [0, 0.1) is 13.8 Å². The number of piperazine rings is 1. The lowest BCUT2D eigenvalue weighted by Crippen LogP contribution is -2.51. The molecule has 0 radical (unpaired) electrons. The Morgan fingerprint density at radius 3 is 2.34 bits per heavy atom. The summed E-state index contributed by atoms with van der Waals surface area (Å²) < 4.78 is 11.9. The Morgan fingerprint density at radius 1 is 1.03 bits per heavy atom. The zero-order chi connectivity index (χ0) is 23.3. The van der Waals surface area contributed by atoms with E-state index in [2.05, 4.69) is 0 Å². The summed E-state index contributed by atoms with van der Waals surface area (Å²) in [6.07, 6.45) is 0. The molecule has 0 aliphatic carbocycles. The van der Waals surface area contributed by atoms with E-state index >= 15 is 0 Å². The lowest BCUT2D eigenvalue weighted by Gasteiger charge is -2.34. The van der Waals surface area contributed by atoms with Gasteiger partial charge in [-0.3, -0.25) is 14.4 Å². The van der Waals surface area contributed by atoms with Gasteiger partial charge in [0.25, 0.3) is 11.8 Å². The molecule has 3 heterocycles. The molecule has 2 aromatic rings. The molecule has 1 fully saturated rings. The van der Waals surface area contributed by atoms with Crippen molar-refractivity contribution >= 4 is 35.1 Å². The van der Waals surface area contributed by atoms with Crippen LogP contribution in [0.1, 0.15) is 38.3 Å². The average molecular weight is 462 g/mol. The van der Waals surface area contributed by atoms with E-state index in [1.807, 2.05) is 11.4 Å². The van der Waals surface area contributed by atoms with E-state index in [1.54, 1.807) is 47.3 Å². The van der Waals surface area contributed by atoms with E-state index in [9.17, 15) is 19.2 Å². The van der Waals surface area contributed by atoms with E-state index < -0.39 is 11.9 Å². The number of rotatable bonds is 7. The van der Waals surface area contributed by atoms with Crippen LogP contribution < -0.4 is 0 Å². The molecule has 32 heavy (non-hydrogen) atoms. The normalized spacial score (nSPS) is 13.7. The third-order valence-electron chi connectivity index (χ3n) is 5.36. The lowest BCUT2D eigenvalue weighted by molar-refractivity contribution is -0.153. The van der Waals surface area contributed by atoms with Crippen LogP contribution in [0.2, 0.25) is 0 Å². The van der Waals surface area contributed by atoms with Crippen LogP contribution in [-0.4, -0.2) is 77.5 Å². The average Bonchev–Trinajstić information content (AvgIpc) is 3.42. The number of hydrogen-bond acceptors (Lipinski definition) is 7. The molecule has 1 aliphatic heterocycles. The van der Waals surface area contributed by atoms with Crippen molar-refractivity contribution in [3.63, 3.8) is 0 Å². The molecule has 1 saturated heterocycles. The van der Waals surface area contributed by atoms with Gasteiger partial charge in [0.1, 0.15) is 6.54 Å². The van der Waals surface area contributed by atoms with Crippen molar-refractivity contribution in [1.82, 2.24) is 14.4 Å². The van der Waals surface area contributed by atoms with Crippen molar-refractivity contribution in [2.24, 2.45) is 0 Å². The highest BCUT2D eigenvalue weighted by molar-refractivity contribution is 7.12. The molecule has 0 unspecified atom stereocenters. The maximum absolute atomic E-state index is 12.4. The summed E-state index contributed by atoms with van der Waals surface area (Å²) in [5.41, 5.74) is 1.74. The van der Waals surface area contributed by atoms with Crippen LogP contribution in [0.4, 0.5) is 0 Å². The minimum absolute atomic E-state index is 0.0295. The lowest BCUT2D eigenvalue weighted by atomic mass is 10.2. The van der Waals surface area contributed by atoms with Gasteiger partial charge in [0.15, 0.2) is 6.61 Å². The Bertz CT molecular complexity index is 990. The molecule has 0 spiro atoms. The fourth-order valence-corrected chi connectivity index (χ4v) is 4.27. The third kappa shape index (κ3) is 5.37. The number of hydrogen-bond donors (Lipinski definition) is 0. The number of aromatic nitrogens is 1. The van der Waals surface area contributed by atoms with Crippen molar-refractivity contribution in [2.75, 3.05) is 39.4 Å². The second kappa shape index (κ2) is 10.4. The summed E-state index contributed by atoms with van der Waals surface area (Å²) in [7, 11) is 0. The summed E-state index contributed by atoms with van der Waals surface area (Å²) in [6, 6.07) is 5.29. The number of carbonyl (C=O) groups excluding carboxylic acids is 4. The number of amides is 2. The SMILES string of the molecule is CCOC(=O)c1cc(C)n(CC(=O)OCC(=O)N2CCN(C(=O)c3cccs3)CC2)c1C. The molecule has 1 aliphatic rings. The Kier molecular flexibility index (Phi) is 7.68. The van der Waals surface area contributed by atoms with Crippen LogP contribution in [0.3, 0.4) is 0 Å². The first-order valence-electron chi connectivity index (χ1n) is 10.4. The largest absolute Gasteiger partial charge is 0.462 e. The van der Waals surface area contributed by atoms with E-state index in [0.29, 0.717) is 42.3 Å². The predicted molar refractivity (Wildman–Crippen MR) is 118 cm³/mol. The Labute approximate surface area is 190 Å². The molecule has 9 nitrogen and oxygen atoms in total. The predicted octanol–water partition coefficient (Wildman–Crippen LogP) is 1.87. The standard InChI is InChI=1S/C22H27N3O6S/c1-4-30-22(29)17-12-15(2)25(16(17)3)13-20(27)31-14-19(26)23-7-9-24(10-8-23)21(28)18-6-5-11-32-18/h5-6,11-12H,4,7-10,13-14H2,1-3H3. The zero-order valence-electron chi connectivity index (χ0n) is 18.5. The van der Waals surface area contributed by atoms with Crippen molar-refractivity contribution < 1.29 is 28.7 Å². The minimum Gasteiger partial charge on any atom is -0.462 e. The van der Waals surface area contributed by atoms with Gasteiger partial charge in [0, 0.05) is 37.6 Å². The number of ether oxygens (including phenoxy) is 2. The molecule has 2 aromatic heterocycles. The fourth-order valence-electron chi connectivity index (χ4n) is 3.58. The van der Waals surface area contributed by atoms with Gasteiger partial charge in [0.05, 0.1) is 17.0 Å². The molecule has 172 valence electrons.